The number of piperidine rings is 1. The molecule has 2 saturated heterocycles. The maximum absolute atomic E-state index is 13.8. The summed E-state index contributed by atoms with van der Waals surface area (Å²) in [6, 6.07) is 11.4. The van der Waals surface area contributed by atoms with Crippen LogP contribution < -0.4 is 5.32 Å². The number of benzene rings is 1. The van der Waals surface area contributed by atoms with Gasteiger partial charge in [-0.2, -0.15) is 0 Å². The van der Waals surface area contributed by atoms with Gasteiger partial charge in [-0.3, -0.25) is 4.90 Å². The van der Waals surface area contributed by atoms with Gasteiger partial charge in [-0.25, -0.2) is 4.79 Å². The zero-order valence-corrected chi connectivity index (χ0v) is 19.9. The Morgan fingerprint density at radius 3 is 2.25 bits per heavy atom. The zero-order chi connectivity index (χ0) is 22.4. The Kier molecular flexibility index (Phi) is 5.75. The molecule has 1 aromatic carbocycles. The van der Waals surface area contributed by atoms with Crippen molar-refractivity contribution >= 4 is 6.03 Å². The second-order valence-corrected chi connectivity index (χ2v) is 11.1. The van der Waals surface area contributed by atoms with E-state index in [1.54, 1.807) is 0 Å². The number of carbonyl (C=O) groups excluding carboxylic acids is 1. The van der Waals surface area contributed by atoms with Crippen molar-refractivity contribution in [3.63, 3.8) is 0 Å². The molecule has 2 saturated carbocycles. The van der Waals surface area contributed by atoms with E-state index in [9.17, 15) is 9.90 Å². The molecule has 176 valence electrons. The van der Waals surface area contributed by atoms with Crippen LogP contribution in [-0.4, -0.2) is 83.3 Å². The lowest BCUT2D eigenvalue weighted by Crippen LogP contribution is -2.59. The number of hydrogen-bond donors (Lipinski definition) is 2. The van der Waals surface area contributed by atoms with Gasteiger partial charge >= 0.3 is 6.03 Å². The highest BCUT2D eigenvalue weighted by atomic mass is 16.3. The van der Waals surface area contributed by atoms with E-state index in [2.05, 4.69) is 64.4 Å². The molecule has 0 atom stereocenters. The van der Waals surface area contributed by atoms with Gasteiger partial charge in [0.05, 0.1) is 17.7 Å². The van der Waals surface area contributed by atoms with Crippen molar-refractivity contribution in [2.75, 3.05) is 40.3 Å². The van der Waals surface area contributed by atoms with Crippen molar-refractivity contribution in [2.24, 2.45) is 0 Å². The fourth-order valence-electron chi connectivity index (χ4n) is 6.80. The molecule has 2 aliphatic carbocycles. The summed E-state index contributed by atoms with van der Waals surface area (Å²) >= 11 is 0. The van der Waals surface area contributed by atoms with E-state index in [1.807, 2.05) is 0 Å². The van der Waals surface area contributed by atoms with Crippen molar-refractivity contribution in [3.05, 3.63) is 35.9 Å². The van der Waals surface area contributed by atoms with Crippen molar-refractivity contribution in [3.8, 4) is 0 Å². The maximum atomic E-state index is 13.8. The quantitative estimate of drug-likeness (QED) is 0.739. The minimum Gasteiger partial charge on any atom is -0.388 e. The Morgan fingerprint density at radius 2 is 1.69 bits per heavy atom. The monoisotopic (exact) mass is 440 g/mol. The molecule has 0 unspecified atom stereocenters. The van der Waals surface area contributed by atoms with Gasteiger partial charge in [-0.1, -0.05) is 30.3 Å². The molecule has 1 spiro atoms. The zero-order valence-electron chi connectivity index (χ0n) is 19.9. The van der Waals surface area contributed by atoms with Gasteiger partial charge < -0.3 is 20.2 Å². The van der Waals surface area contributed by atoms with Gasteiger partial charge in [0.25, 0.3) is 0 Å². The second-order valence-electron chi connectivity index (χ2n) is 11.1. The van der Waals surface area contributed by atoms with Crippen molar-refractivity contribution < 1.29 is 9.90 Å². The van der Waals surface area contributed by atoms with E-state index >= 15 is 0 Å². The minimum atomic E-state index is -0.678. The van der Waals surface area contributed by atoms with E-state index in [0.29, 0.717) is 12.6 Å². The summed E-state index contributed by atoms with van der Waals surface area (Å²) < 4.78 is 0. The van der Waals surface area contributed by atoms with Gasteiger partial charge in [0, 0.05) is 18.1 Å². The maximum Gasteiger partial charge on any atom is 0.320 e. The third-order valence-corrected chi connectivity index (χ3v) is 9.18. The Balaban J connectivity index is 1.42. The normalized spacial score (nSPS) is 33.2. The average molecular weight is 441 g/mol. The lowest BCUT2D eigenvalue weighted by Gasteiger charge is -2.52. The average Bonchev–Trinajstić information content (AvgIpc) is 3.06. The van der Waals surface area contributed by atoms with E-state index in [0.717, 1.165) is 77.4 Å². The van der Waals surface area contributed by atoms with Crippen LogP contribution in [-0.2, 0) is 5.54 Å². The first kappa shape index (κ1) is 22.2. The van der Waals surface area contributed by atoms with Gasteiger partial charge in [0.2, 0.25) is 0 Å². The summed E-state index contributed by atoms with van der Waals surface area (Å²) in [5, 5.41) is 14.5. The van der Waals surface area contributed by atoms with Gasteiger partial charge in [0.1, 0.15) is 0 Å². The number of nitrogens with one attached hydrogen (secondary N) is 1. The van der Waals surface area contributed by atoms with Crippen LogP contribution >= 0.6 is 0 Å². The fraction of sp³-hybridized carbons (Fsp3) is 0.731. The van der Waals surface area contributed by atoms with Crippen LogP contribution in [0.5, 0.6) is 0 Å². The Bertz CT molecular complexity index is 808. The second kappa shape index (κ2) is 8.30. The first-order chi connectivity index (χ1) is 15.4. The minimum absolute atomic E-state index is 0.0107. The standard InChI is InChI=1S/C26H40N4O2/c1-28(2)26(21-7-4-3-5-8-21)15-13-24(14-16-26)19-29(22-9-17-27-18-10-22)23(31)30(24)20-25(32)11-6-12-25/h3-5,7-8,22,27,32H,6,9-20H2,1-2H3/t24-,26-. The highest BCUT2D eigenvalue weighted by Gasteiger charge is 2.57. The predicted octanol–water partition coefficient (Wildman–Crippen LogP) is 3.16. The van der Waals surface area contributed by atoms with Crippen LogP contribution in [0, 0.1) is 0 Å². The Morgan fingerprint density at radius 1 is 1.03 bits per heavy atom. The largest absolute Gasteiger partial charge is 0.388 e. The molecule has 0 aromatic heterocycles. The summed E-state index contributed by atoms with van der Waals surface area (Å²) in [4.78, 5) is 20.5. The third kappa shape index (κ3) is 3.64. The van der Waals surface area contributed by atoms with Crippen LogP contribution in [0.1, 0.15) is 63.4 Å². The summed E-state index contributed by atoms with van der Waals surface area (Å²) in [5.41, 5.74) is 0.559. The highest BCUT2D eigenvalue weighted by molar-refractivity contribution is 5.79. The molecule has 2 N–H and O–H groups in total. The molecule has 4 aliphatic rings. The first-order valence-electron chi connectivity index (χ1n) is 12.6. The smallest absolute Gasteiger partial charge is 0.320 e. The molecule has 32 heavy (non-hydrogen) atoms. The van der Waals surface area contributed by atoms with E-state index < -0.39 is 5.60 Å². The molecular formula is C26H40N4O2. The highest BCUT2D eigenvalue weighted by Crippen LogP contribution is 2.50. The van der Waals surface area contributed by atoms with Crippen molar-refractivity contribution in [2.45, 2.75) is 80.5 Å². The number of β-amino-alcohol motifs (C(OH)–C–C–N with tert-alkyl or cyclic N) is 1. The molecule has 4 fully saturated rings. The van der Waals surface area contributed by atoms with E-state index in [-0.39, 0.29) is 17.1 Å². The molecule has 2 aliphatic heterocycles. The van der Waals surface area contributed by atoms with Crippen molar-refractivity contribution in [1.29, 1.82) is 0 Å². The number of rotatable bonds is 5. The third-order valence-electron chi connectivity index (χ3n) is 9.18. The van der Waals surface area contributed by atoms with Crippen LogP contribution in [0.2, 0.25) is 0 Å². The van der Waals surface area contributed by atoms with Crippen LogP contribution in [0.3, 0.4) is 0 Å². The predicted molar refractivity (Wildman–Crippen MR) is 127 cm³/mol. The van der Waals surface area contributed by atoms with E-state index in [1.165, 1.54) is 5.56 Å². The lowest BCUT2D eigenvalue weighted by molar-refractivity contribution is -0.0725. The Labute approximate surface area is 192 Å². The van der Waals surface area contributed by atoms with Crippen LogP contribution in [0.4, 0.5) is 4.79 Å². The molecule has 0 radical (unpaired) electrons. The molecule has 6 heteroatoms. The molecule has 1 aromatic rings. The number of aliphatic hydroxyl groups is 1. The van der Waals surface area contributed by atoms with Crippen LogP contribution in [0.15, 0.2) is 30.3 Å². The molecule has 6 nitrogen and oxygen atoms in total. The number of urea groups is 1. The molecule has 2 amide bonds. The van der Waals surface area contributed by atoms with Crippen LogP contribution in [0.25, 0.3) is 0 Å². The summed E-state index contributed by atoms with van der Waals surface area (Å²) in [6.07, 6.45) is 8.83. The SMILES string of the molecule is CN(C)[C@]1(c2ccccc2)CC[C@@]2(CC1)CN(C1CCNCC1)C(=O)N2CC1(O)CCC1. The van der Waals surface area contributed by atoms with Crippen molar-refractivity contribution in [1.82, 2.24) is 20.0 Å². The first-order valence-corrected chi connectivity index (χ1v) is 12.6. The van der Waals surface area contributed by atoms with Gasteiger partial charge in [0.15, 0.2) is 0 Å². The summed E-state index contributed by atoms with van der Waals surface area (Å²) in [5.74, 6) is 0. The summed E-state index contributed by atoms with van der Waals surface area (Å²) in [6.45, 7) is 3.31. The fourth-order valence-corrected chi connectivity index (χ4v) is 6.80. The van der Waals surface area contributed by atoms with Gasteiger partial charge in [-0.15, -0.1) is 0 Å². The molecule has 5 rings (SSSR count). The van der Waals surface area contributed by atoms with Gasteiger partial charge in [-0.05, 0) is 90.5 Å². The molecular weight excluding hydrogens is 400 g/mol. The lowest BCUT2D eigenvalue weighted by atomic mass is 9.67. The Hall–Kier alpha value is -1.63. The summed E-state index contributed by atoms with van der Waals surface area (Å²) in [7, 11) is 4.39. The van der Waals surface area contributed by atoms with E-state index in [4.69, 9.17) is 0 Å². The molecule has 0 bridgehead atoms. The number of nitrogens with zero attached hydrogens (tertiary/aromatic N) is 3. The number of amides is 2. The number of hydrogen-bond acceptors (Lipinski definition) is 4. The molecule has 2 heterocycles. The topological polar surface area (TPSA) is 59.0 Å². The number of carbonyl (C=O) groups is 1.